The SMILES string of the molecule is CC.CCN1C(=O)CS/C1=C(/C#N)C(=O)O.Cc1ccccn1. The van der Waals surface area contributed by atoms with Crippen molar-refractivity contribution in [1.29, 1.82) is 5.26 Å². The lowest BCUT2D eigenvalue weighted by Gasteiger charge is -2.13. The molecule has 2 rings (SSSR count). The van der Waals surface area contributed by atoms with Crippen molar-refractivity contribution in [2.45, 2.75) is 27.7 Å². The first-order valence-electron chi connectivity index (χ1n) is 7.19. The van der Waals surface area contributed by atoms with Crippen molar-refractivity contribution in [3.05, 3.63) is 40.7 Å². The van der Waals surface area contributed by atoms with Gasteiger partial charge in [-0.3, -0.25) is 9.78 Å². The van der Waals surface area contributed by atoms with E-state index in [1.807, 2.05) is 39.0 Å². The third kappa shape index (κ3) is 6.53. The molecule has 0 spiro atoms. The van der Waals surface area contributed by atoms with Crippen molar-refractivity contribution >= 4 is 23.6 Å². The van der Waals surface area contributed by atoms with Gasteiger partial charge in [0.15, 0.2) is 5.57 Å². The van der Waals surface area contributed by atoms with Crippen LogP contribution in [-0.4, -0.2) is 39.2 Å². The number of amides is 1. The lowest BCUT2D eigenvalue weighted by atomic mass is 10.3. The Labute approximate surface area is 140 Å². The van der Waals surface area contributed by atoms with E-state index >= 15 is 0 Å². The Morgan fingerprint density at radius 3 is 2.48 bits per heavy atom. The first-order chi connectivity index (χ1) is 11.0. The molecule has 2 heterocycles. The Kier molecular flexibility index (Phi) is 10.1. The third-order valence-corrected chi connectivity index (χ3v) is 3.64. The predicted molar refractivity (Wildman–Crippen MR) is 90.4 cm³/mol. The summed E-state index contributed by atoms with van der Waals surface area (Å²) in [6.07, 6.45) is 1.79. The number of aryl methyl sites for hydroxylation is 1. The summed E-state index contributed by atoms with van der Waals surface area (Å²) in [6.45, 7) is 8.10. The van der Waals surface area contributed by atoms with E-state index in [0.29, 0.717) is 6.54 Å². The molecule has 0 aliphatic carbocycles. The van der Waals surface area contributed by atoms with Crippen LogP contribution in [0.3, 0.4) is 0 Å². The molecule has 1 aliphatic rings. The molecule has 23 heavy (non-hydrogen) atoms. The highest BCUT2D eigenvalue weighted by molar-refractivity contribution is 8.04. The second-order valence-corrected chi connectivity index (χ2v) is 4.96. The molecule has 1 aliphatic heterocycles. The van der Waals surface area contributed by atoms with Crippen LogP contribution in [0.15, 0.2) is 35.0 Å². The van der Waals surface area contributed by atoms with Gasteiger partial charge in [0.05, 0.1) is 5.75 Å². The number of hydrogen-bond donors (Lipinski definition) is 1. The van der Waals surface area contributed by atoms with Crippen molar-refractivity contribution in [2.24, 2.45) is 0 Å². The van der Waals surface area contributed by atoms with Crippen LogP contribution in [0.4, 0.5) is 0 Å². The predicted octanol–water partition coefficient (Wildman–Crippen LogP) is 2.82. The minimum Gasteiger partial charge on any atom is -0.477 e. The summed E-state index contributed by atoms with van der Waals surface area (Å²) in [7, 11) is 0. The van der Waals surface area contributed by atoms with Crippen molar-refractivity contribution in [3.63, 3.8) is 0 Å². The number of hydrogen-bond acceptors (Lipinski definition) is 5. The normalized spacial score (nSPS) is 14.7. The van der Waals surface area contributed by atoms with Gasteiger partial charge in [0, 0.05) is 18.4 Å². The molecule has 1 saturated heterocycles. The molecule has 6 nitrogen and oxygen atoms in total. The first-order valence-corrected chi connectivity index (χ1v) is 8.18. The fourth-order valence-electron chi connectivity index (χ4n) is 1.56. The highest BCUT2D eigenvalue weighted by Crippen LogP contribution is 2.31. The minimum atomic E-state index is -1.29. The molecule has 0 atom stereocenters. The number of carboxylic acid groups (broad SMARTS) is 1. The molecule has 0 bridgehead atoms. The molecular formula is C16H21N3O3S. The van der Waals surface area contributed by atoms with Crippen LogP contribution in [-0.2, 0) is 9.59 Å². The van der Waals surface area contributed by atoms with Crippen LogP contribution < -0.4 is 0 Å². The van der Waals surface area contributed by atoms with E-state index in [9.17, 15) is 9.59 Å². The zero-order valence-electron chi connectivity index (χ0n) is 13.7. The fourth-order valence-corrected chi connectivity index (χ4v) is 2.64. The number of aliphatic carboxylic acids is 1. The van der Waals surface area contributed by atoms with E-state index in [2.05, 4.69) is 4.98 Å². The molecule has 0 radical (unpaired) electrons. The Morgan fingerprint density at radius 1 is 1.48 bits per heavy atom. The zero-order chi connectivity index (χ0) is 17.8. The number of carbonyl (C=O) groups excluding carboxylic acids is 1. The maximum Gasteiger partial charge on any atom is 0.349 e. The van der Waals surface area contributed by atoms with Crippen molar-refractivity contribution in [2.75, 3.05) is 12.3 Å². The highest BCUT2D eigenvalue weighted by atomic mass is 32.2. The number of thioether (sulfide) groups is 1. The lowest BCUT2D eigenvalue weighted by Crippen LogP contribution is -2.25. The molecule has 0 unspecified atom stereocenters. The van der Waals surface area contributed by atoms with Gasteiger partial charge >= 0.3 is 5.97 Å². The van der Waals surface area contributed by atoms with Gasteiger partial charge in [-0.25, -0.2) is 4.79 Å². The molecule has 124 valence electrons. The zero-order valence-corrected chi connectivity index (χ0v) is 14.6. The summed E-state index contributed by atoms with van der Waals surface area (Å²) in [5.41, 5.74) is 0.713. The maximum absolute atomic E-state index is 11.2. The van der Waals surface area contributed by atoms with Gasteiger partial charge in [0.2, 0.25) is 5.91 Å². The number of carboxylic acids is 1. The monoisotopic (exact) mass is 335 g/mol. The quantitative estimate of drug-likeness (QED) is 0.659. The molecule has 1 aromatic rings. The summed E-state index contributed by atoms with van der Waals surface area (Å²) in [4.78, 5) is 27.2. The van der Waals surface area contributed by atoms with Gasteiger partial charge in [-0.2, -0.15) is 5.26 Å². The van der Waals surface area contributed by atoms with Crippen molar-refractivity contribution in [3.8, 4) is 6.07 Å². The summed E-state index contributed by atoms with van der Waals surface area (Å²) >= 11 is 1.10. The van der Waals surface area contributed by atoms with Gasteiger partial charge in [0.25, 0.3) is 0 Å². The highest BCUT2D eigenvalue weighted by Gasteiger charge is 2.30. The second-order valence-electron chi connectivity index (χ2n) is 3.99. The standard InChI is InChI=1S/C8H8N2O3S.C6H7N.C2H6/c1-2-10-6(11)4-14-7(10)5(3-9)8(12)13;1-6-4-2-3-5-7-6;1-2/h2,4H2,1H3,(H,12,13);2-5H,1H3;1-2H3/b7-5-;;. The van der Waals surface area contributed by atoms with Gasteiger partial charge in [-0.1, -0.05) is 31.7 Å². The summed E-state index contributed by atoms with van der Waals surface area (Å²) in [5.74, 6) is -1.23. The van der Waals surface area contributed by atoms with E-state index in [-0.39, 0.29) is 22.3 Å². The van der Waals surface area contributed by atoms with Gasteiger partial charge in [-0.05, 0) is 26.0 Å². The Hall–Kier alpha value is -2.33. The summed E-state index contributed by atoms with van der Waals surface area (Å²) in [6, 6.07) is 7.45. The maximum atomic E-state index is 11.2. The van der Waals surface area contributed by atoms with E-state index < -0.39 is 5.97 Å². The Morgan fingerprint density at radius 2 is 2.13 bits per heavy atom. The molecule has 1 fully saturated rings. The van der Waals surface area contributed by atoms with Crippen LogP contribution in [0.25, 0.3) is 0 Å². The lowest BCUT2D eigenvalue weighted by molar-refractivity contribution is -0.132. The van der Waals surface area contributed by atoms with Crippen LogP contribution in [0.2, 0.25) is 0 Å². The van der Waals surface area contributed by atoms with Crippen molar-refractivity contribution in [1.82, 2.24) is 9.88 Å². The fraction of sp³-hybridized carbons (Fsp3) is 0.375. The Balaban J connectivity index is 0.000000449. The molecule has 0 saturated carbocycles. The largest absolute Gasteiger partial charge is 0.477 e. The molecule has 0 aromatic carbocycles. The average molecular weight is 335 g/mol. The first kappa shape index (κ1) is 20.7. The van der Waals surface area contributed by atoms with Crippen LogP contribution in [0.1, 0.15) is 26.5 Å². The van der Waals surface area contributed by atoms with E-state index in [4.69, 9.17) is 10.4 Å². The Bertz CT molecular complexity index is 594. The van der Waals surface area contributed by atoms with E-state index in [1.165, 1.54) is 4.90 Å². The second kappa shape index (κ2) is 11.3. The molecule has 1 aromatic heterocycles. The van der Waals surface area contributed by atoms with Crippen LogP contribution >= 0.6 is 11.8 Å². The number of nitrogens with zero attached hydrogens (tertiary/aromatic N) is 3. The minimum absolute atomic E-state index is 0.151. The molecule has 1 amide bonds. The molecule has 7 heteroatoms. The molecular weight excluding hydrogens is 314 g/mol. The van der Waals surface area contributed by atoms with Crippen LogP contribution in [0.5, 0.6) is 0 Å². The number of nitriles is 1. The number of carbonyl (C=O) groups is 2. The summed E-state index contributed by atoms with van der Waals surface area (Å²) in [5, 5.41) is 17.6. The van der Waals surface area contributed by atoms with Gasteiger partial charge in [-0.15, -0.1) is 0 Å². The third-order valence-electron chi connectivity index (χ3n) is 2.55. The number of pyridine rings is 1. The number of rotatable bonds is 2. The van der Waals surface area contributed by atoms with E-state index in [1.54, 1.807) is 19.2 Å². The smallest absolute Gasteiger partial charge is 0.349 e. The summed E-state index contributed by atoms with van der Waals surface area (Å²) < 4.78 is 0. The van der Waals surface area contributed by atoms with Gasteiger partial charge in [0.1, 0.15) is 11.1 Å². The van der Waals surface area contributed by atoms with Crippen LogP contribution in [0, 0.1) is 18.3 Å². The average Bonchev–Trinajstić information content (AvgIpc) is 2.92. The van der Waals surface area contributed by atoms with Crippen molar-refractivity contribution < 1.29 is 14.7 Å². The van der Waals surface area contributed by atoms with E-state index in [0.717, 1.165) is 17.5 Å². The topological polar surface area (TPSA) is 94.3 Å². The number of aromatic nitrogens is 1. The van der Waals surface area contributed by atoms with Gasteiger partial charge < -0.3 is 10.0 Å². The molecule has 1 N–H and O–H groups in total.